The molecule has 0 fully saturated rings. The Kier molecular flexibility index (Phi) is 55.5. The largest absolute Gasteiger partial charge is 0.462 e. The SMILES string of the molecule is CC/C=C\C/C=C\C/C=C\C/C=C\C/C=C\C/C=C\C/C=C\CCCCCCCCCC(=O)OCC(COC(=O)CCCCCCC)OC(=O)CCCC/C=C\C/C=C\C/C=C\C/C=C\C/C=C\C/C=C\CC. The van der Waals surface area contributed by atoms with Gasteiger partial charge in [-0.15, -0.1) is 0 Å². The zero-order chi connectivity index (χ0) is 52.9. The Morgan fingerprint density at radius 3 is 0.863 bits per heavy atom. The molecule has 0 aromatic carbocycles. The molecule has 0 N–H and O–H groups in total. The molecular weight excluding hydrogens is 901 g/mol. The lowest BCUT2D eigenvalue weighted by molar-refractivity contribution is -0.167. The normalized spacial score (nSPS) is 13.3. The van der Waals surface area contributed by atoms with Crippen LogP contribution in [0.2, 0.25) is 0 Å². The van der Waals surface area contributed by atoms with E-state index in [2.05, 4.69) is 179 Å². The molecular formula is C67H104O6. The predicted molar refractivity (Wildman–Crippen MR) is 315 cm³/mol. The first kappa shape index (κ1) is 68.0. The molecule has 0 aliphatic carbocycles. The van der Waals surface area contributed by atoms with E-state index in [1.54, 1.807) is 0 Å². The van der Waals surface area contributed by atoms with Gasteiger partial charge in [-0.3, -0.25) is 14.4 Å². The van der Waals surface area contributed by atoms with E-state index in [1.807, 2.05) is 0 Å². The van der Waals surface area contributed by atoms with Crippen LogP contribution in [0.3, 0.4) is 0 Å². The minimum Gasteiger partial charge on any atom is -0.462 e. The Balaban J connectivity index is 4.23. The lowest BCUT2D eigenvalue weighted by Gasteiger charge is -2.18. The fraction of sp³-hybridized carbons (Fsp3) is 0.567. The Hall–Kier alpha value is -4.97. The van der Waals surface area contributed by atoms with Gasteiger partial charge in [-0.2, -0.15) is 0 Å². The van der Waals surface area contributed by atoms with Gasteiger partial charge >= 0.3 is 17.9 Å². The smallest absolute Gasteiger partial charge is 0.306 e. The third kappa shape index (κ3) is 57.8. The number of carbonyl (C=O) groups excluding carboxylic acids is 3. The van der Waals surface area contributed by atoms with Gasteiger partial charge in [-0.05, 0) is 128 Å². The lowest BCUT2D eigenvalue weighted by Crippen LogP contribution is -2.30. The molecule has 1 unspecified atom stereocenters. The number of allylic oxidation sites excluding steroid dienone is 26. The number of rotatable bonds is 50. The summed E-state index contributed by atoms with van der Waals surface area (Å²) in [6.07, 6.45) is 87.1. The molecule has 73 heavy (non-hydrogen) atoms. The lowest BCUT2D eigenvalue weighted by atomic mass is 10.1. The highest BCUT2D eigenvalue weighted by Gasteiger charge is 2.19. The summed E-state index contributed by atoms with van der Waals surface area (Å²) in [5, 5.41) is 0. The van der Waals surface area contributed by atoms with Crippen LogP contribution in [0.25, 0.3) is 0 Å². The minimum absolute atomic E-state index is 0.107. The molecule has 0 aliphatic rings. The number of ether oxygens (including phenoxy) is 3. The summed E-state index contributed by atoms with van der Waals surface area (Å²) in [5.41, 5.74) is 0. The average molecular weight is 1010 g/mol. The van der Waals surface area contributed by atoms with E-state index in [4.69, 9.17) is 14.2 Å². The van der Waals surface area contributed by atoms with Gasteiger partial charge in [0.25, 0.3) is 0 Å². The second-order valence-corrected chi connectivity index (χ2v) is 18.4. The van der Waals surface area contributed by atoms with Crippen molar-refractivity contribution in [1.29, 1.82) is 0 Å². The van der Waals surface area contributed by atoms with Crippen LogP contribution in [-0.4, -0.2) is 37.2 Å². The summed E-state index contributed by atoms with van der Waals surface area (Å²) in [6, 6.07) is 0. The van der Waals surface area contributed by atoms with Crippen LogP contribution in [0.1, 0.15) is 226 Å². The third-order valence-electron chi connectivity index (χ3n) is 11.5. The summed E-state index contributed by atoms with van der Waals surface area (Å²) < 4.78 is 16.7. The zero-order valence-electron chi connectivity index (χ0n) is 46.6. The van der Waals surface area contributed by atoms with Crippen molar-refractivity contribution in [2.45, 2.75) is 232 Å². The van der Waals surface area contributed by atoms with Crippen molar-refractivity contribution in [3.05, 3.63) is 158 Å². The molecule has 1 atom stereocenters. The molecule has 0 amide bonds. The van der Waals surface area contributed by atoms with Crippen molar-refractivity contribution in [2.24, 2.45) is 0 Å². The van der Waals surface area contributed by atoms with Gasteiger partial charge in [0.2, 0.25) is 0 Å². The van der Waals surface area contributed by atoms with Crippen molar-refractivity contribution in [2.75, 3.05) is 13.2 Å². The van der Waals surface area contributed by atoms with Crippen LogP contribution in [0.5, 0.6) is 0 Å². The molecule has 0 saturated heterocycles. The van der Waals surface area contributed by atoms with Crippen molar-refractivity contribution in [3.8, 4) is 0 Å². The van der Waals surface area contributed by atoms with Gasteiger partial charge in [0, 0.05) is 19.3 Å². The first-order valence-corrected chi connectivity index (χ1v) is 29.0. The van der Waals surface area contributed by atoms with Crippen LogP contribution in [0, 0.1) is 0 Å². The highest BCUT2D eigenvalue weighted by atomic mass is 16.6. The van der Waals surface area contributed by atoms with Crippen LogP contribution >= 0.6 is 0 Å². The predicted octanol–water partition coefficient (Wildman–Crippen LogP) is 19.8. The maximum atomic E-state index is 12.8. The first-order chi connectivity index (χ1) is 36.0. The van der Waals surface area contributed by atoms with Crippen LogP contribution in [-0.2, 0) is 28.6 Å². The zero-order valence-corrected chi connectivity index (χ0v) is 46.6. The van der Waals surface area contributed by atoms with Gasteiger partial charge in [-0.25, -0.2) is 0 Å². The number of hydrogen-bond acceptors (Lipinski definition) is 6. The first-order valence-electron chi connectivity index (χ1n) is 29.0. The maximum Gasteiger partial charge on any atom is 0.306 e. The van der Waals surface area contributed by atoms with Crippen molar-refractivity contribution >= 4 is 17.9 Å². The molecule has 0 radical (unpaired) electrons. The molecule has 6 nitrogen and oxygen atoms in total. The van der Waals surface area contributed by atoms with E-state index >= 15 is 0 Å². The standard InChI is InChI=1S/C67H104O6/c1-4-7-10-13-15-17-19-21-23-25-27-29-30-31-32-33-34-35-36-38-39-41-43-45-47-49-51-54-57-60-66(69)72-63-64(62-71-65(68)59-56-53-12-9-6-3)73-67(70)61-58-55-52-50-48-46-44-42-40-37-28-26-24-22-20-18-16-14-11-8-5-2/h7-8,10-11,15-18,21-24,27-29,31-32,34-35,37-39,42,44,48,50,64H,4-6,9,12-14,19-20,25-26,30,33,36,40-41,43,45-47,49,51-63H2,1-3H3/b10-7-,11-8-,17-15-,18-16-,23-21-,24-22-,29-27-,32-31-,35-34-,37-28-,39-38-,44-42-,50-48-. The van der Waals surface area contributed by atoms with Crippen LogP contribution in [0.4, 0.5) is 0 Å². The molecule has 0 heterocycles. The molecule has 0 aromatic heterocycles. The van der Waals surface area contributed by atoms with E-state index in [1.165, 1.54) is 25.7 Å². The molecule has 0 bridgehead atoms. The number of esters is 3. The van der Waals surface area contributed by atoms with Crippen molar-refractivity contribution < 1.29 is 28.6 Å². The van der Waals surface area contributed by atoms with Crippen molar-refractivity contribution in [1.82, 2.24) is 0 Å². The molecule has 0 aliphatic heterocycles. The summed E-state index contributed by atoms with van der Waals surface area (Å²) in [5.74, 6) is -0.986. The highest BCUT2D eigenvalue weighted by Crippen LogP contribution is 2.13. The number of unbranched alkanes of at least 4 members (excludes halogenated alkanes) is 13. The topological polar surface area (TPSA) is 78.9 Å². The van der Waals surface area contributed by atoms with Crippen LogP contribution in [0.15, 0.2) is 158 Å². The van der Waals surface area contributed by atoms with Crippen molar-refractivity contribution in [3.63, 3.8) is 0 Å². The average Bonchev–Trinajstić information content (AvgIpc) is 3.39. The van der Waals surface area contributed by atoms with Gasteiger partial charge in [0.05, 0.1) is 0 Å². The van der Waals surface area contributed by atoms with E-state index in [-0.39, 0.29) is 37.5 Å². The van der Waals surface area contributed by atoms with Gasteiger partial charge in [0.15, 0.2) is 6.10 Å². The third-order valence-corrected chi connectivity index (χ3v) is 11.5. The Morgan fingerprint density at radius 2 is 0.534 bits per heavy atom. The molecule has 0 saturated carbocycles. The molecule has 408 valence electrons. The Labute approximate surface area is 448 Å². The number of carbonyl (C=O) groups is 3. The summed E-state index contributed by atoms with van der Waals surface area (Å²) in [6.45, 7) is 6.26. The van der Waals surface area contributed by atoms with Crippen LogP contribution < -0.4 is 0 Å². The van der Waals surface area contributed by atoms with E-state index in [0.717, 1.165) is 154 Å². The Morgan fingerprint density at radius 1 is 0.288 bits per heavy atom. The van der Waals surface area contributed by atoms with E-state index in [9.17, 15) is 14.4 Å². The van der Waals surface area contributed by atoms with Gasteiger partial charge in [-0.1, -0.05) is 237 Å². The molecule has 0 rings (SSSR count). The second-order valence-electron chi connectivity index (χ2n) is 18.4. The molecule has 0 spiro atoms. The fourth-order valence-corrected chi connectivity index (χ4v) is 7.25. The highest BCUT2D eigenvalue weighted by molar-refractivity contribution is 5.71. The summed E-state index contributed by atoms with van der Waals surface area (Å²) in [7, 11) is 0. The summed E-state index contributed by atoms with van der Waals surface area (Å²) in [4.78, 5) is 37.8. The minimum atomic E-state index is -0.810. The monoisotopic (exact) mass is 1000 g/mol. The van der Waals surface area contributed by atoms with E-state index in [0.29, 0.717) is 19.3 Å². The number of hydrogen-bond donors (Lipinski definition) is 0. The Bertz CT molecular complexity index is 1670. The molecule has 0 aromatic rings. The summed E-state index contributed by atoms with van der Waals surface area (Å²) >= 11 is 0. The van der Waals surface area contributed by atoms with Gasteiger partial charge in [0.1, 0.15) is 13.2 Å². The van der Waals surface area contributed by atoms with E-state index < -0.39 is 6.10 Å². The quantitative estimate of drug-likeness (QED) is 0.0261. The van der Waals surface area contributed by atoms with Gasteiger partial charge < -0.3 is 14.2 Å². The maximum absolute atomic E-state index is 12.8. The second kappa shape index (κ2) is 59.6. The molecule has 6 heteroatoms. The fourth-order valence-electron chi connectivity index (χ4n) is 7.25.